The van der Waals surface area contributed by atoms with Gasteiger partial charge in [-0.05, 0) is 58.1 Å². The van der Waals surface area contributed by atoms with E-state index in [-0.39, 0.29) is 11.6 Å². The maximum atomic E-state index is 12.9. The first-order chi connectivity index (χ1) is 8.08. The molecule has 0 spiro atoms. The van der Waals surface area contributed by atoms with Crippen LogP contribution in [0.5, 0.6) is 0 Å². The Kier molecular flexibility index (Phi) is 3.74. The van der Waals surface area contributed by atoms with Gasteiger partial charge >= 0.3 is 0 Å². The normalized spacial score (nSPS) is 10.5. The van der Waals surface area contributed by atoms with Crippen molar-refractivity contribution in [3.63, 3.8) is 0 Å². The van der Waals surface area contributed by atoms with Crippen molar-refractivity contribution < 1.29 is 9.18 Å². The van der Waals surface area contributed by atoms with Gasteiger partial charge in [-0.25, -0.2) is 4.39 Å². The summed E-state index contributed by atoms with van der Waals surface area (Å²) >= 11 is 4.94. The van der Waals surface area contributed by atoms with Crippen LogP contribution < -0.4 is 0 Å². The highest BCUT2D eigenvalue weighted by Gasteiger charge is 2.13. The van der Waals surface area contributed by atoms with Crippen LogP contribution in [0.3, 0.4) is 0 Å². The molecular weight excluding hydrogens is 303 g/mol. The van der Waals surface area contributed by atoms with E-state index in [0.29, 0.717) is 17.5 Å². The molecule has 0 atom stereocenters. The third-order valence-electron chi connectivity index (χ3n) is 2.50. The third kappa shape index (κ3) is 2.82. The Balaban J connectivity index is 2.23. The van der Waals surface area contributed by atoms with E-state index in [1.54, 1.807) is 13.0 Å². The predicted molar refractivity (Wildman–Crippen MR) is 71.2 cm³/mol. The Hall–Kier alpha value is -1.00. The summed E-state index contributed by atoms with van der Waals surface area (Å²) in [6.45, 7) is 1.75. The van der Waals surface area contributed by atoms with E-state index in [2.05, 4.69) is 15.9 Å². The second kappa shape index (κ2) is 5.10. The highest BCUT2D eigenvalue weighted by Crippen LogP contribution is 2.24. The Morgan fingerprint density at radius 1 is 1.41 bits per heavy atom. The number of aryl methyl sites for hydroxylation is 1. The molecule has 1 aromatic carbocycles. The van der Waals surface area contributed by atoms with Crippen LogP contribution in [-0.2, 0) is 6.42 Å². The van der Waals surface area contributed by atoms with Gasteiger partial charge in [0.25, 0.3) is 0 Å². The van der Waals surface area contributed by atoms with E-state index in [9.17, 15) is 9.18 Å². The van der Waals surface area contributed by atoms with E-state index >= 15 is 0 Å². The monoisotopic (exact) mass is 312 g/mol. The van der Waals surface area contributed by atoms with Gasteiger partial charge in [-0.1, -0.05) is 0 Å². The summed E-state index contributed by atoms with van der Waals surface area (Å²) in [5.74, 6) is -0.290. The maximum Gasteiger partial charge on any atom is 0.168 e. The number of Topliss-reactive ketones (excluding diaryl/α,β-unsaturated/α-hetero) is 1. The van der Waals surface area contributed by atoms with Gasteiger partial charge in [-0.3, -0.25) is 4.79 Å². The van der Waals surface area contributed by atoms with Crippen molar-refractivity contribution in [3.8, 4) is 0 Å². The third-order valence-corrected chi connectivity index (χ3v) is 4.43. The van der Waals surface area contributed by atoms with Crippen LogP contribution in [0.15, 0.2) is 34.1 Å². The molecule has 2 rings (SSSR count). The molecule has 0 bridgehead atoms. The molecule has 0 aliphatic carbocycles. The van der Waals surface area contributed by atoms with Gasteiger partial charge in [0.05, 0.1) is 0 Å². The molecule has 0 fully saturated rings. The first-order valence-electron chi connectivity index (χ1n) is 5.09. The molecule has 0 aliphatic rings. The number of hydrogen-bond donors (Lipinski definition) is 0. The van der Waals surface area contributed by atoms with Gasteiger partial charge in [0, 0.05) is 21.3 Å². The summed E-state index contributed by atoms with van der Waals surface area (Å²) in [5.41, 5.74) is 1.27. The molecule has 4 heteroatoms. The van der Waals surface area contributed by atoms with Crippen molar-refractivity contribution >= 4 is 33.0 Å². The van der Waals surface area contributed by atoms with Gasteiger partial charge in [0.2, 0.25) is 0 Å². The number of ketones is 1. The molecule has 0 radical (unpaired) electrons. The predicted octanol–water partition coefficient (Wildman–Crippen LogP) is 4.38. The quantitative estimate of drug-likeness (QED) is 0.768. The van der Waals surface area contributed by atoms with E-state index in [1.165, 1.54) is 23.5 Å². The highest BCUT2D eigenvalue weighted by atomic mass is 79.9. The minimum Gasteiger partial charge on any atom is -0.294 e. The highest BCUT2D eigenvalue weighted by molar-refractivity contribution is 9.10. The Morgan fingerprint density at radius 3 is 2.76 bits per heavy atom. The minimum absolute atomic E-state index is 0.0191. The number of carbonyl (C=O) groups is 1. The Bertz CT molecular complexity index is 562. The number of rotatable bonds is 3. The lowest BCUT2D eigenvalue weighted by atomic mass is 10.0. The number of halogens is 2. The molecule has 0 amide bonds. The average molecular weight is 313 g/mol. The van der Waals surface area contributed by atoms with Crippen LogP contribution in [0.25, 0.3) is 0 Å². The molecule has 0 aliphatic heterocycles. The van der Waals surface area contributed by atoms with Crippen LogP contribution in [-0.4, -0.2) is 5.78 Å². The lowest BCUT2D eigenvalue weighted by Gasteiger charge is -2.04. The van der Waals surface area contributed by atoms with E-state index in [1.807, 2.05) is 11.4 Å². The fourth-order valence-corrected chi connectivity index (χ4v) is 3.12. The number of carbonyl (C=O) groups excluding carboxylic acids is 1. The molecule has 1 heterocycles. The standard InChI is InChI=1S/C13H10BrFOS/c1-8-6-9(15)2-3-10(8)12(16)7-13-11(14)4-5-17-13/h2-6H,7H2,1H3. The van der Waals surface area contributed by atoms with Gasteiger partial charge in [0.15, 0.2) is 5.78 Å². The van der Waals surface area contributed by atoms with Crippen molar-refractivity contribution in [1.82, 2.24) is 0 Å². The van der Waals surface area contributed by atoms with Crippen molar-refractivity contribution in [3.05, 3.63) is 55.9 Å². The number of thiophene rings is 1. The van der Waals surface area contributed by atoms with Gasteiger partial charge in [0.1, 0.15) is 5.82 Å². The first-order valence-corrected chi connectivity index (χ1v) is 6.76. The fraction of sp³-hybridized carbons (Fsp3) is 0.154. The van der Waals surface area contributed by atoms with Crippen molar-refractivity contribution in [2.45, 2.75) is 13.3 Å². The number of benzene rings is 1. The lowest BCUT2D eigenvalue weighted by molar-refractivity contribution is 0.0993. The number of hydrogen-bond acceptors (Lipinski definition) is 2. The zero-order chi connectivity index (χ0) is 12.4. The van der Waals surface area contributed by atoms with Crippen molar-refractivity contribution in [2.24, 2.45) is 0 Å². The van der Waals surface area contributed by atoms with E-state index < -0.39 is 0 Å². The second-order valence-electron chi connectivity index (χ2n) is 3.75. The molecule has 0 saturated heterocycles. The summed E-state index contributed by atoms with van der Waals surface area (Å²) in [6, 6.07) is 6.18. The van der Waals surface area contributed by atoms with E-state index in [0.717, 1.165) is 9.35 Å². The van der Waals surface area contributed by atoms with Gasteiger partial charge < -0.3 is 0 Å². The van der Waals surface area contributed by atoms with E-state index in [4.69, 9.17) is 0 Å². The van der Waals surface area contributed by atoms with Crippen molar-refractivity contribution in [2.75, 3.05) is 0 Å². The summed E-state index contributed by atoms with van der Waals surface area (Å²) < 4.78 is 13.9. The maximum absolute atomic E-state index is 12.9. The molecule has 1 aromatic heterocycles. The molecular formula is C13H10BrFOS. The Labute approximate surface area is 111 Å². The second-order valence-corrected chi connectivity index (χ2v) is 5.61. The molecule has 17 heavy (non-hydrogen) atoms. The zero-order valence-electron chi connectivity index (χ0n) is 9.17. The van der Waals surface area contributed by atoms with Crippen LogP contribution >= 0.6 is 27.3 Å². The summed E-state index contributed by atoms with van der Waals surface area (Å²) in [7, 11) is 0. The first kappa shape index (κ1) is 12.5. The molecule has 0 unspecified atom stereocenters. The average Bonchev–Trinajstić information content (AvgIpc) is 2.64. The molecule has 88 valence electrons. The van der Waals surface area contributed by atoms with Crippen molar-refractivity contribution in [1.29, 1.82) is 0 Å². The van der Waals surface area contributed by atoms with Crippen LogP contribution in [0, 0.1) is 12.7 Å². The topological polar surface area (TPSA) is 17.1 Å². The van der Waals surface area contributed by atoms with Gasteiger partial charge in [-0.15, -0.1) is 11.3 Å². The molecule has 0 saturated carbocycles. The lowest BCUT2D eigenvalue weighted by Crippen LogP contribution is -2.05. The largest absolute Gasteiger partial charge is 0.294 e. The zero-order valence-corrected chi connectivity index (χ0v) is 11.6. The molecule has 2 aromatic rings. The Morgan fingerprint density at radius 2 is 2.18 bits per heavy atom. The van der Waals surface area contributed by atoms with Gasteiger partial charge in [-0.2, -0.15) is 0 Å². The summed E-state index contributed by atoms with van der Waals surface area (Å²) in [5, 5.41) is 1.93. The minimum atomic E-state index is -0.309. The van der Waals surface area contributed by atoms with Crippen LogP contribution in [0.2, 0.25) is 0 Å². The molecule has 1 nitrogen and oxygen atoms in total. The fourth-order valence-electron chi connectivity index (χ4n) is 1.63. The summed E-state index contributed by atoms with van der Waals surface area (Å²) in [6.07, 6.45) is 0.352. The smallest absolute Gasteiger partial charge is 0.168 e. The SMILES string of the molecule is Cc1cc(F)ccc1C(=O)Cc1sccc1Br. The molecule has 0 N–H and O–H groups in total. The van der Waals surface area contributed by atoms with Crippen LogP contribution in [0.4, 0.5) is 4.39 Å². The van der Waals surface area contributed by atoms with Crippen LogP contribution in [0.1, 0.15) is 20.8 Å². The summed E-state index contributed by atoms with van der Waals surface area (Å²) in [4.78, 5) is 13.1.